The van der Waals surface area contributed by atoms with Crippen LogP contribution in [0.2, 0.25) is 0 Å². The fourth-order valence-corrected chi connectivity index (χ4v) is 2.08. The Morgan fingerprint density at radius 1 is 1.08 bits per heavy atom. The van der Waals surface area contributed by atoms with Crippen molar-refractivity contribution in [2.24, 2.45) is 0 Å². The molecule has 0 spiro atoms. The molecule has 4 N–H and O–H groups in total. The lowest BCUT2D eigenvalue weighted by Gasteiger charge is -2.26. The fraction of sp³-hybridized carbons (Fsp3) is 0.500. The van der Waals surface area contributed by atoms with Crippen LogP contribution >= 0.6 is 0 Å². The van der Waals surface area contributed by atoms with Crippen LogP contribution < -0.4 is 15.4 Å². The average Bonchev–Trinajstić information content (AvgIpc) is 2.54. The molecule has 0 aliphatic heterocycles. The second-order valence-electron chi connectivity index (χ2n) is 5.04. The van der Waals surface area contributed by atoms with Crippen LogP contribution in [0, 0.1) is 0 Å². The van der Waals surface area contributed by atoms with E-state index in [1.165, 1.54) is 0 Å². The van der Waals surface area contributed by atoms with Crippen molar-refractivity contribution in [3.8, 4) is 5.75 Å². The molecule has 25 heavy (non-hydrogen) atoms. The highest BCUT2D eigenvalue weighted by Gasteiger charge is 2.13. The number of rotatable bonds is 13. The van der Waals surface area contributed by atoms with Gasteiger partial charge in [0.2, 0.25) is 0 Å². The summed E-state index contributed by atoms with van der Waals surface area (Å²) < 4.78 is 15.7. The molecule has 0 heterocycles. The molecule has 0 saturated carbocycles. The van der Waals surface area contributed by atoms with Crippen LogP contribution in [0.5, 0.6) is 5.75 Å². The molecule has 0 radical (unpaired) electrons. The minimum Gasteiger partial charge on any atom is -0.492 e. The van der Waals surface area contributed by atoms with Crippen molar-refractivity contribution in [1.29, 1.82) is 0 Å². The number of nitrogens with zero attached hydrogens (tertiary/aromatic N) is 1. The molecule has 0 aromatic heterocycles. The molecule has 0 bridgehead atoms. The second kappa shape index (κ2) is 11.1. The number of ether oxygens (including phenoxy) is 3. The molecule has 1 rings (SSSR count). The zero-order valence-corrected chi connectivity index (χ0v) is 14.1. The molecular weight excluding hydrogens is 332 g/mol. The Morgan fingerprint density at radius 2 is 1.64 bits per heavy atom. The number of aliphatic carboxylic acids is 2. The average molecular weight is 356 g/mol. The molecule has 1 aromatic carbocycles. The summed E-state index contributed by atoms with van der Waals surface area (Å²) in [5, 5.41) is 17.2. The molecule has 0 saturated heterocycles. The summed E-state index contributed by atoms with van der Waals surface area (Å²) in [6.07, 6.45) is 0. The molecular formula is C16H24N2O7. The van der Waals surface area contributed by atoms with Gasteiger partial charge >= 0.3 is 11.9 Å². The first-order chi connectivity index (χ1) is 11.9. The van der Waals surface area contributed by atoms with Crippen molar-refractivity contribution >= 4 is 23.3 Å². The summed E-state index contributed by atoms with van der Waals surface area (Å²) >= 11 is 0. The van der Waals surface area contributed by atoms with Crippen LogP contribution in [0.25, 0.3) is 0 Å². The largest absolute Gasteiger partial charge is 0.492 e. The first-order valence-electron chi connectivity index (χ1n) is 7.80. The van der Waals surface area contributed by atoms with Gasteiger partial charge in [-0.25, -0.2) is 9.59 Å². The Morgan fingerprint density at radius 3 is 2.12 bits per heavy atom. The Kier molecular flexibility index (Phi) is 9.12. The van der Waals surface area contributed by atoms with E-state index in [9.17, 15) is 9.59 Å². The van der Waals surface area contributed by atoms with Crippen LogP contribution in [-0.4, -0.2) is 68.3 Å². The van der Waals surface area contributed by atoms with Gasteiger partial charge in [0.05, 0.1) is 25.5 Å². The highest BCUT2D eigenvalue weighted by molar-refractivity contribution is 5.68. The highest BCUT2D eigenvalue weighted by Crippen LogP contribution is 2.30. The maximum absolute atomic E-state index is 10.5. The van der Waals surface area contributed by atoms with Crippen molar-refractivity contribution in [3.63, 3.8) is 0 Å². The van der Waals surface area contributed by atoms with Crippen LogP contribution in [-0.2, 0) is 19.1 Å². The van der Waals surface area contributed by atoms with E-state index in [-0.39, 0.29) is 26.4 Å². The summed E-state index contributed by atoms with van der Waals surface area (Å²) in [5.41, 5.74) is 7.09. The third-order valence-electron chi connectivity index (χ3n) is 3.09. The topological polar surface area (TPSA) is 132 Å². The monoisotopic (exact) mass is 356 g/mol. The summed E-state index contributed by atoms with van der Waals surface area (Å²) in [4.78, 5) is 22.9. The molecule has 0 fully saturated rings. The lowest BCUT2D eigenvalue weighted by atomic mass is 10.2. The first-order valence-corrected chi connectivity index (χ1v) is 7.80. The molecule has 140 valence electrons. The van der Waals surface area contributed by atoms with E-state index in [1.54, 1.807) is 18.2 Å². The van der Waals surface area contributed by atoms with E-state index >= 15 is 0 Å². The third kappa shape index (κ3) is 8.23. The van der Waals surface area contributed by atoms with Crippen LogP contribution in [0.4, 0.5) is 11.4 Å². The van der Waals surface area contributed by atoms with E-state index in [0.29, 0.717) is 31.1 Å². The number of nitrogen functional groups attached to an aromatic ring is 1. The van der Waals surface area contributed by atoms with E-state index < -0.39 is 11.9 Å². The SMILES string of the molecule is CCOc1cc(N)ccc1N(CCOCC(=O)O)CCOCC(=O)O. The number of nitrogens with two attached hydrogens (primary N) is 1. The second-order valence-corrected chi connectivity index (χ2v) is 5.04. The Bertz CT molecular complexity index is 543. The van der Waals surface area contributed by atoms with E-state index in [1.807, 2.05) is 11.8 Å². The standard InChI is InChI=1S/C16H24N2O7/c1-2-25-14-9-12(17)3-4-13(14)18(5-7-23-10-15(19)20)6-8-24-11-16(21)22/h3-4,9H,2,5-8,10-11,17H2,1H3,(H,19,20)(H,21,22). The van der Waals surface area contributed by atoms with Gasteiger partial charge in [0, 0.05) is 24.8 Å². The zero-order valence-electron chi connectivity index (χ0n) is 14.1. The van der Waals surface area contributed by atoms with Gasteiger partial charge in [-0.1, -0.05) is 0 Å². The highest BCUT2D eigenvalue weighted by atomic mass is 16.5. The van der Waals surface area contributed by atoms with E-state index in [2.05, 4.69) is 0 Å². The minimum absolute atomic E-state index is 0.182. The van der Waals surface area contributed by atoms with E-state index in [0.717, 1.165) is 5.69 Å². The van der Waals surface area contributed by atoms with Crippen molar-refractivity contribution in [1.82, 2.24) is 0 Å². The molecule has 0 atom stereocenters. The Hall–Kier alpha value is -2.52. The Labute approximate surface area is 145 Å². The van der Waals surface area contributed by atoms with Gasteiger partial charge in [-0.15, -0.1) is 0 Å². The lowest BCUT2D eigenvalue weighted by Crippen LogP contribution is -2.32. The smallest absolute Gasteiger partial charge is 0.329 e. The van der Waals surface area contributed by atoms with Gasteiger partial charge < -0.3 is 35.1 Å². The summed E-state index contributed by atoms with van der Waals surface area (Å²) in [6, 6.07) is 5.21. The predicted molar refractivity (Wildman–Crippen MR) is 91.1 cm³/mol. The quantitative estimate of drug-likeness (QED) is 0.345. The number of carboxylic acids is 2. The zero-order chi connectivity index (χ0) is 18.7. The molecule has 0 aliphatic carbocycles. The number of benzene rings is 1. The van der Waals surface area contributed by atoms with E-state index in [4.69, 9.17) is 30.2 Å². The molecule has 9 heteroatoms. The summed E-state index contributed by atoms with van der Waals surface area (Å²) in [5.74, 6) is -1.50. The summed E-state index contributed by atoms with van der Waals surface area (Å²) in [6.45, 7) is 2.66. The van der Waals surface area contributed by atoms with Crippen molar-refractivity contribution in [3.05, 3.63) is 18.2 Å². The molecule has 9 nitrogen and oxygen atoms in total. The van der Waals surface area contributed by atoms with Crippen LogP contribution in [0.15, 0.2) is 18.2 Å². The maximum Gasteiger partial charge on any atom is 0.329 e. The predicted octanol–water partition coefficient (Wildman–Crippen LogP) is 0.676. The van der Waals surface area contributed by atoms with Crippen molar-refractivity contribution < 1.29 is 34.0 Å². The van der Waals surface area contributed by atoms with Gasteiger partial charge in [0.15, 0.2) is 0 Å². The first kappa shape index (κ1) is 20.5. The molecule has 0 aliphatic rings. The molecule has 1 aromatic rings. The molecule has 0 unspecified atom stereocenters. The van der Waals surface area contributed by atoms with Crippen molar-refractivity contribution in [2.45, 2.75) is 6.92 Å². The van der Waals surface area contributed by atoms with Crippen LogP contribution in [0.3, 0.4) is 0 Å². The minimum atomic E-state index is -1.04. The normalized spacial score (nSPS) is 10.4. The van der Waals surface area contributed by atoms with Gasteiger partial charge in [-0.05, 0) is 19.1 Å². The number of anilines is 2. The van der Waals surface area contributed by atoms with Gasteiger partial charge in [-0.3, -0.25) is 0 Å². The number of hydrogen-bond donors (Lipinski definition) is 3. The fourth-order valence-electron chi connectivity index (χ4n) is 2.08. The maximum atomic E-state index is 10.5. The third-order valence-corrected chi connectivity index (χ3v) is 3.09. The van der Waals surface area contributed by atoms with Crippen molar-refractivity contribution in [2.75, 3.05) is 56.8 Å². The Balaban J connectivity index is 2.77. The van der Waals surface area contributed by atoms with Gasteiger partial charge in [-0.2, -0.15) is 0 Å². The number of carboxylic acid groups (broad SMARTS) is 2. The van der Waals surface area contributed by atoms with Gasteiger partial charge in [0.1, 0.15) is 19.0 Å². The van der Waals surface area contributed by atoms with Gasteiger partial charge in [0.25, 0.3) is 0 Å². The molecule has 0 amide bonds. The lowest BCUT2D eigenvalue weighted by molar-refractivity contribution is -0.142. The number of carbonyl (C=O) groups is 2. The number of hydrogen-bond acceptors (Lipinski definition) is 7. The summed E-state index contributed by atoms with van der Waals surface area (Å²) in [7, 11) is 0. The van der Waals surface area contributed by atoms with Crippen LogP contribution in [0.1, 0.15) is 6.92 Å².